The zero-order valence-corrected chi connectivity index (χ0v) is 47.2. The topological polar surface area (TPSA) is 324 Å². The molecule has 0 unspecified atom stereocenters. The van der Waals surface area contributed by atoms with E-state index in [1.165, 1.54) is 42.5 Å². The maximum Gasteiger partial charge on any atom is 2.00 e. The Morgan fingerprint density at radius 1 is 0.494 bits per heavy atom. The molecular formula is C55H50CuN14O8S3. The second kappa shape index (κ2) is 25.0. The summed E-state index contributed by atoms with van der Waals surface area (Å²) < 4.78 is 88.7. The van der Waals surface area contributed by atoms with E-state index in [1.807, 2.05) is 113 Å². The number of sulfonamides is 1. The van der Waals surface area contributed by atoms with Crippen LogP contribution in [0.25, 0.3) is 89.8 Å². The van der Waals surface area contributed by atoms with Gasteiger partial charge in [-0.3, -0.25) is 14.1 Å². The van der Waals surface area contributed by atoms with Gasteiger partial charge in [0.25, 0.3) is 20.2 Å². The Hall–Kier alpha value is -8.33. The first-order valence-electron chi connectivity index (χ1n) is 25.0. The van der Waals surface area contributed by atoms with Crippen molar-refractivity contribution in [1.29, 1.82) is 0 Å². The summed E-state index contributed by atoms with van der Waals surface area (Å²) in [6.07, 6.45) is 3.54. The van der Waals surface area contributed by atoms with Gasteiger partial charge >= 0.3 is 17.1 Å². The van der Waals surface area contributed by atoms with Crippen LogP contribution in [0.1, 0.15) is 51.3 Å². The van der Waals surface area contributed by atoms with Gasteiger partial charge in [0.1, 0.15) is 23.2 Å². The Balaban J connectivity index is 0.000000200. The van der Waals surface area contributed by atoms with Crippen molar-refractivity contribution in [2.75, 3.05) is 18.1 Å². The summed E-state index contributed by atoms with van der Waals surface area (Å²) in [6, 6.07) is 38.4. The maximum atomic E-state index is 11.5. The van der Waals surface area contributed by atoms with Crippen LogP contribution in [0.4, 0.5) is 11.6 Å². The van der Waals surface area contributed by atoms with Crippen LogP contribution in [-0.2, 0) is 60.2 Å². The number of anilines is 2. The third-order valence-electron chi connectivity index (χ3n) is 11.8. The molecule has 0 atom stereocenters. The van der Waals surface area contributed by atoms with Gasteiger partial charge in [-0.15, -0.1) is 0 Å². The van der Waals surface area contributed by atoms with E-state index in [9.17, 15) is 29.8 Å². The van der Waals surface area contributed by atoms with Gasteiger partial charge in [-0.2, -0.15) is 26.8 Å². The van der Waals surface area contributed by atoms with Crippen LogP contribution in [0.5, 0.6) is 0 Å². The summed E-state index contributed by atoms with van der Waals surface area (Å²) in [5.41, 5.74) is 6.22. The smallest absolute Gasteiger partial charge is 0.357 e. The van der Waals surface area contributed by atoms with Crippen molar-refractivity contribution in [1.82, 2.24) is 64.5 Å². The average Bonchev–Trinajstić information content (AvgIpc) is 4.39. The molecule has 1 radical (unpaired) electrons. The number of nitrogens with one attached hydrogen (secondary N) is 2. The van der Waals surface area contributed by atoms with Crippen LogP contribution < -0.4 is 20.0 Å². The fourth-order valence-electron chi connectivity index (χ4n) is 8.39. The molecule has 5 aromatic carbocycles. The fourth-order valence-corrected chi connectivity index (χ4v) is 9.94. The van der Waals surface area contributed by atoms with Gasteiger partial charge in [0, 0.05) is 70.5 Å². The third kappa shape index (κ3) is 13.6. The molecule has 0 amide bonds. The normalized spacial score (nSPS) is 11.6. The molecule has 10 aromatic rings. The van der Waals surface area contributed by atoms with Gasteiger partial charge in [-0.05, 0) is 82.1 Å². The van der Waals surface area contributed by atoms with Crippen molar-refractivity contribution in [3.05, 3.63) is 157 Å². The predicted octanol–water partition coefficient (Wildman–Crippen LogP) is 8.75. The molecule has 0 fully saturated rings. The number of rotatable bonds is 11. The molecule has 4 N–H and O–H groups in total. The average molecular weight is 1190 g/mol. The quantitative estimate of drug-likeness (QED) is 0.0534. The third-order valence-corrected chi connectivity index (χ3v) is 14.3. The van der Waals surface area contributed by atoms with E-state index in [4.69, 9.17) is 44.4 Å². The van der Waals surface area contributed by atoms with Gasteiger partial charge in [-0.25, -0.2) is 28.1 Å². The first kappa shape index (κ1) is 58.8. The first-order chi connectivity index (χ1) is 38.5. The van der Waals surface area contributed by atoms with Crippen molar-refractivity contribution >= 4 is 86.0 Å². The molecule has 417 valence electrons. The predicted molar refractivity (Wildman–Crippen MR) is 304 cm³/mol. The molecule has 81 heavy (non-hydrogen) atoms. The number of nitrogens with zero attached hydrogens (tertiary/aromatic N) is 12. The largest absolute Gasteiger partial charge is 2.00 e. The summed E-state index contributed by atoms with van der Waals surface area (Å²) in [5, 5.41) is 6.40. The molecule has 0 saturated heterocycles. The zero-order chi connectivity index (χ0) is 56.8. The molecule has 2 aliphatic heterocycles. The Morgan fingerprint density at radius 3 is 1.51 bits per heavy atom. The molecule has 0 saturated carbocycles. The first-order valence-corrected chi connectivity index (χ1v) is 29.8. The molecule has 0 spiro atoms. The minimum atomic E-state index is -4.40. The number of pyridine rings is 1. The Kier molecular flexibility index (Phi) is 18.1. The van der Waals surface area contributed by atoms with Crippen molar-refractivity contribution < 1.29 is 51.4 Å². The van der Waals surface area contributed by atoms with E-state index >= 15 is 0 Å². The Bertz CT molecular complexity index is 4170. The second-order valence-electron chi connectivity index (χ2n) is 17.2. The minimum Gasteiger partial charge on any atom is -0.357 e. The van der Waals surface area contributed by atoms with Gasteiger partial charge in [0.15, 0.2) is 0 Å². The van der Waals surface area contributed by atoms with Crippen LogP contribution in [0.15, 0.2) is 149 Å². The van der Waals surface area contributed by atoms with E-state index in [0.29, 0.717) is 81.5 Å². The molecule has 26 heteroatoms. The van der Waals surface area contributed by atoms with Gasteiger partial charge in [-0.1, -0.05) is 113 Å². The molecule has 12 rings (SSSR count). The SMILES string of the molecule is CC.CC.CS(=O)(=O)NCCCc1nc(Cc2cccc(S(=O)(=O)O)c2)nc(Nc2ccc(S(=O)(=O)O)cc2)n1.[Cu+2].c1ccc2c(c1)-c1nc-2nc2[n-]c(nc3nc(nc4[n-]c(n1)c1ccccc41)-c1cccnc1-3)c1ccccc21. The van der Waals surface area contributed by atoms with Crippen LogP contribution in [0, 0.1) is 0 Å². The van der Waals surface area contributed by atoms with Crippen LogP contribution in [0.2, 0.25) is 0 Å². The maximum absolute atomic E-state index is 11.5. The summed E-state index contributed by atoms with van der Waals surface area (Å²) in [6.45, 7) is 8.16. The zero-order valence-electron chi connectivity index (χ0n) is 43.8. The number of aromatic nitrogens is 12. The monoisotopic (exact) mass is 1190 g/mol. The number of aryl methyl sites for hydroxylation is 1. The summed E-state index contributed by atoms with van der Waals surface area (Å²) in [5.74, 6) is 2.72. The number of fused-ring (bicyclic) bond motifs is 20. The molecule has 8 bridgehead atoms. The summed E-state index contributed by atoms with van der Waals surface area (Å²) in [4.78, 5) is 56.1. The van der Waals surface area contributed by atoms with Crippen molar-refractivity contribution in [3.8, 4) is 45.7 Å². The summed E-state index contributed by atoms with van der Waals surface area (Å²) in [7, 11) is -12.1. The van der Waals surface area contributed by atoms with E-state index in [2.05, 4.69) is 30.0 Å². The van der Waals surface area contributed by atoms with E-state index in [1.54, 1.807) is 12.3 Å². The minimum absolute atomic E-state index is 0. The van der Waals surface area contributed by atoms with Gasteiger partial charge < -0.3 is 35.2 Å². The molecule has 2 aliphatic rings. The number of benzene rings is 5. The van der Waals surface area contributed by atoms with Crippen LogP contribution in [-0.4, -0.2) is 97.0 Å². The molecular weight excluding hydrogens is 1140 g/mol. The van der Waals surface area contributed by atoms with Gasteiger partial charge in [0.2, 0.25) is 16.0 Å². The summed E-state index contributed by atoms with van der Waals surface area (Å²) >= 11 is 0. The van der Waals surface area contributed by atoms with Gasteiger partial charge in [0.05, 0.1) is 33.5 Å². The fraction of sp³-hybridized carbons (Fsp3) is 0.164. The van der Waals surface area contributed by atoms with Crippen molar-refractivity contribution in [3.63, 3.8) is 0 Å². The molecule has 7 heterocycles. The Labute approximate surface area is 476 Å². The number of hydrogen-bond donors (Lipinski definition) is 4. The Morgan fingerprint density at radius 2 is 0.975 bits per heavy atom. The number of hydrogen-bond acceptors (Lipinski definition) is 17. The van der Waals surface area contributed by atoms with Crippen molar-refractivity contribution in [2.45, 2.75) is 56.7 Å². The van der Waals surface area contributed by atoms with Crippen LogP contribution in [0.3, 0.4) is 0 Å². The van der Waals surface area contributed by atoms with Crippen molar-refractivity contribution in [2.24, 2.45) is 0 Å². The molecule has 22 nitrogen and oxygen atoms in total. The van der Waals surface area contributed by atoms with E-state index < -0.39 is 30.3 Å². The van der Waals surface area contributed by atoms with Crippen LogP contribution >= 0.6 is 0 Å². The van der Waals surface area contributed by atoms with E-state index in [0.717, 1.165) is 44.5 Å². The van der Waals surface area contributed by atoms with E-state index in [-0.39, 0.29) is 51.6 Å². The molecule has 5 aromatic heterocycles. The second-order valence-corrected chi connectivity index (χ2v) is 21.9. The standard InChI is InChI=1S/C31H15N9.C20H23N5O8S3.2C2H6.Cu/c1-2-9-17-16(8-1)24-33-25(17)35-27-20-12-5-6-13-21(20)29(37-27)39-31-23-22(14-7-15-32-23)30(40-31)38-28-19-11-4-3-10-18(19)26(34-24)36-28;1-34(26,27)21-11-3-6-18-23-19(13-14-4-2-5-17(12-14)36(31,32)33)25-20(24-18)22-15-7-9-16(10-8-15)35(28,29)30;2*1-2;/h1-15H;2,4-5,7-10,12,21H,3,6,11,13H2,1H3,(H,28,29,30)(H,31,32,33)(H,22,23,24,25);2*1-2H3;/q-2;;;;+2. The molecule has 0 aliphatic carbocycles.